The summed E-state index contributed by atoms with van der Waals surface area (Å²) in [5.41, 5.74) is 1.27. The van der Waals surface area contributed by atoms with Crippen LogP contribution in [-0.2, 0) is 11.3 Å². The van der Waals surface area contributed by atoms with Crippen LogP contribution in [0, 0.1) is 0 Å². The summed E-state index contributed by atoms with van der Waals surface area (Å²) in [5.74, 6) is -0.120. The predicted octanol–water partition coefficient (Wildman–Crippen LogP) is 4.26. The first-order valence-corrected chi connectivity index (χ1v) is 7.42. The van der Waals surface area contributed by atoms with E-state index in [9.17, 15) is 4.79 Å². The monoisotopic (exact) mass is 311 g/mol. The zero-order chi connectivity index (χ0) is 16.9. The van der Waals surface area contributed by atoms with E-state index >= 15 is 0 Å². The van der Waals surface area contributed by atoms with Gasteiger partial charge in [0.2, 0.25) is 0 Å². The Morgan fingerprint density at radius 2 is 1.91 bits per heavy atom. The number of carbonyl (C=O) groups is 1. The zero-order valence-corrected chi connectivity index (χ0v) is 13.7. The van der Waals surface area contributed by atoms with E-state index in [-0.39, 0.29) is 5.69 Å². The molecule has 0 aliphatic rings. The van der Waals surface area contributed by atoms with Crippen molar-refractivity contribution in [3.8, 4) is 5.75 Å². The molecule has 0 saturated carbocycles. The molecule has 1 aromatic heterocycles. The second-order valence-corrected chi connectivity index (χ2v) is 6.06. The van der Waals surface area contributed by atoms with E-state index in [0.29, 0.717) is 17.9 Å². The third kappa shape index (κ3) is 4.68. The van der Waals surface area contributed by atoms with Gasteiger partial charge in [-0.3, -0.25) is 0 Å². The highest BCUT2D eigenvalue weighted by atomic mass is 16.6. The lowest BCUT2D eigenvalue weighted by Crippen LogP contribution is -2.25. The lowest BCUT2D eigenvalue weighted by Gasteiger charge is -2.20. The van der Waals surface area contributed by atoms with Crippen molar-refractivity contribution >= 4 is 12.0 Å². The summed E-state index contributed by atoms with van der Waals surface area (Å²) in [5, 5.41) is 0. The average Bonchev–Trinajstić information content (AvgIpc) is 2.51. The van der Waals surface area contributed by atoms with Crippen molar-refractivity contribution in [3.05, 3.63) is 66.0 Å². The number of nitrogens with zero attached hydrogens (tertiary/aromatic N) is 1. The number of pyridine rings is 1. The Balaban J connectivity index is 2.28. The molecule has 0 aliphatic carbocycles. The van der Waals surface area contributed by atoms with Crippen LogP contribution in [0.5, 0.6) is 5.75 Å². The third-order valence-electron chi connectivity index (χ3n) is 2.97. The molecular weight excluding hydrogens is 290 g/mol. The fraction of sp³-hybridized carbons (Fsp3) is 0.263. The van der Waals surface area contributed by atoms with Crippen molar-refractivity contribution in [2.75, 3.05) is 0 Å². The van der Waals surface area contributed by atoms with Crippen molar-refractivity contribution < 1.29 is 14.3 Å². The Morgan fingerprint density at radius 1 is 1.22 bits per heavy atom. The predicted molar refractivity (Wildman–Crippen MR) is 90.3 cm³/mol. The molecule has 0 unspecified atom stereocenters. The minimum Gasteiger partial charge on any atom is -0.486 e. The average molecular weight is 311 g/mol. The lowest BCUT2D eigenvalue weighted by molar-refractivity contribution is 0.00583. The molecule has 0 amide bonds. The SMILES string of the molecule is C=Cc1ccnc(C(=O)OC(C)(C)C)c1OCc1ccccc1. The highest BCUT2D eigenvalue weighted by Gasteiger charge is 2.23. The van der Waals surface area contributed by atoms with E-state index in [0.717, 1.165) is 5.56 Å². The van der Waals surface area contributed by atoms with Crippen LogP contribution in [0.15, 0.2) is 49.2 Å². The van der Waals surface area contributed by atoms with E-state index in [1.165, 1.54) is 0 Å². The zero-order valence-electron chi connectivity index (χ0n) is 13.7. The molecule has 4 heteroatoms. The number of benzene rings is 1. The third-order valence-corrected chi connectivity index (χ3v) is 2.97. The fourth-order valence-electron chi connectivity index (χ4n) is 1.98. The van der Waals surface area contributed by atoms with Gasteiger partial charge in [0.15, 0.2) is 11.4 Å². The van der Waals surface area contributed by atoms with Crippen LogP contribution in [0.1, 0.15) is 42.4 Å². The standard InChI is InChI=1S/C19H21NO3/c1-5-15-11-12-20-16(18(21)23-19(2,3)4)17(15)22-13-14-9-7-6-8-10-14/h5-12H,1,13H2,2-4H3. The van der Waals surface area contributed by atoms with Crippen molar-refractivity contribution in [1.29, 1.82) is 0 Å². The van der Waals surface area contributed by atoms with E-state index < -0.39 is 11.6 Å². The summed E-state index contributed by atoms with van der Waals surface area (Å²) >= 11 is 0. The van der Waals surface area contributed by atoms with Gasteiger partial charge in [0.25, 0.3) is 0 Å². The molecule has 0 fully saturated rings. The molecule has 0 N–H and O–H groups in total. The summed E-state index contributed by atoms with van der Waals surface area (Å²) < 4.78 is 11.2. The first kappa shape index (κ1) is 16.7. The molecule has 2 rings (SSSR count). The Bertz CT molecular complexity index is 688. The van der Waals surface area contributed by atoms with Gasteiger partial charge in [-0.15, -0.1) is 0 Å². The molecule has 120 valence electrons. The lowest BCUT2D eigenvalue weighted by atomic mass is 10.1. The summed E-state index contributed by atoms with van der Waals surface area (Å²) in [7, 11) is 0. The molecule has 2 aromatic rings. The number of ether oxygens (including phenoxy) is 2. The van der Waals surface area contributed by atoms with Crippen LogP contribution in [0.3, 0.4) is 0 Å². The number of hydrogen-bond donors (Lipinski definition) is 0. The Hall–Kier alpha value is -2.62. The van der Waals surface area contributed by atoms with E-state index in [2.05, 4.69) is 11.6 Å². The molecular formula is C19H21NO3. The van der Waals surface area contributed by atoms with Crippen LogP contribution in [0.4, 0.5) is 0 Å². The summed E-state index contributed by atoms with van der Waals surface area (Å²) in [4.78, 5) is 16.5. The smallest absolute Gasteiger partial charge is 0.361 e. The molecule has 0 atom stereocenters. The van der Waals surface area contributed by atoms with Gasteiger partial charge in [0.1, 0.15) is 12.2 Å². The molecule has 0 radical (unpaired) electrons. The van der Waals surface area contributed by atoms with Gasteiger partial charge < -0.3 is 9.47 Å². The maximum Gasteiger partial charge on any atom is 0.361 e. The Kier molecular flexibility index (Phi) is 5.16. The minimum absolute atomic E-state index is 0.160. The first-order valence-electron chi connectivity index (χ1n) is 7.42. The summed E-state index contributed by atoms with van der Waals surface area (Å²) in [6.45, 7) is 9.53. The molecule has 1 heterocycles. The Morgan fingerprint density at radius 3 is 2.52 bits per heavy atom. The van der Waals surface area contributed by atoms with E-state index in [1.54, 1.807) is 18.3 Å². The van der Waals surface area contributed by atoms with Crippen LogP contribution < -0.4 is 4.74 Å². The van der Waals surface area contributed by atoms with E-state index in [4.69, 9.17) is 9.47 Å². The summed E-state index contributed by atoms with van der Waals surface area (Å²) in [6, 6.07) is 11.5. The van der Waals surface area contributed by atoms with Crippen LogP contribution in [0.25, 0.3) is 6.08 Å². The largest absolute Gasteiger partial charge is 0.486 e. The Labute approximate surface area is 136 Å². The van der Waals surface area contributed by atoms with Crippen molar-refractivity contribution in [1.82, 2.24) is 4.98 Å². The second kappa shape index (κ2) is 7.09. The molecule has 0 spiro atoms. The van der Waals surface area contributed by atoms with Gasteiger partial charge in [0, 0.05) is 11.8 Å². The maximum atomic E-state index is 12.4. The quantitative estimate of drug-likeness (QED) is 0.774. The maximum absolute atomic E-state index is 12.4. The molecule has 0 saturated heterocycles. The van der Waals surface area contributed by atoms with Gasteiger partial charge in [-0.2, -0.15) is 0 Å². The molecule has 4 nitrogen and oxygen atoms in total. The molecule has 23 heavy (non-hydrogen) atoms. The number of esters is 1. The van der Waals surface area contributed by atoms with Crippen LogP contribution in [-0.4, -0.2) is 16.6 Å². The molecule has 0 aliphatic heterocycles. The van der Waals surface area contributed by atoms with Gasteiger partial charge >= 0.3 is 5.97 Å². The normalized spacial score (nSPS) is 10.9. The second-order valence-electron chi connectivity index (χ2n) is 6.06. The van der Waals surface area contributed by atoms with Crippen LogP contribution in [0.2, 0.25) is 0 Å². The minimum atomic E-state index is -0.598. The number of carbonyl (C=O) groups excluding carboxylic acids is 1. The van der Waals surface area contributed by atoms with Gasteiger partial charge in [-0.1, -0.05) is 43.0 Å². The fourth-order valence-corrected chi connectivity index (χ4v) is 1.98. The number of rotatable bonds is 5. The first-order chi connectivity index (χ1) is 10.9. The highest BCUT2D eigenvalue weighted by molar-refractivity contribution is 5.92. The molecule has 0 bridgehead atoms. The topological polar surface area (TPSA) is 48.4 Å². The van der Waals surface area contributed by atoms with Gasteiger partial charge in [-0.25, -0.2) is 9.78 Å². The summed E-state index contributed by atoms with van der Waals surface area (Å²) in [6.07, 6.45) is 3.18. The van der Waals surface area contributed by atoms with Gasteiger partial charge in [-0.05, 0) is 32.4 Å². The van der Waals surface area contributed by atoms with E-state index in [1.807, 2.05) is 51.1 Å². The highest BCUT2D eigenvalue weighted by Crippen LogP contribution is 2.26. The number of aromatic nitrogens is 1. The van der Waals surface area contributed by atoms with Crippen LogP contribution >= 0.6 is 0 Å². The van der Waals surface area contributed by atoms with Gasteiger partial charge in [0.05, 0.1) is 0 Å². The van der Waals surface area contributed by atoms with Crippen molar-refractivity contribution in [2.24, 2.45) is 0 Å². The number of hydrogen-bond acceptors (Lipinski definition) is 4. The van der Waals surface area contributed by atoms with Crippen molar-refractivity contribution in [3.63, 3.8) is 0 Å². The van der Waals surface area contributed by atoms with Crippen molar-refractivity contribution in [2.45, 2.75) is 33.0 Å². The molecule has 1 aromatic carbocycles.